The van der Waals surface area contributed by atoms with Gasteiger partial charge in [0.2, 0.25) is 0 Å². The van der Waals surface area contributed by atoms with E-state index in [1.165, 1.54) is 23.7 Å². The Morgan fingerprint density at radius 3 is 2.28 bits per heavy atom. The summed E-state index contributed by atoms with van der Waals surface area (Å²) >= 11 is 14.9. The lowest BCUT2D eigenvalue weighted by atomic mass is 10.0. The van der Waals surface area contributed by atoms with Crippen LogP contribution in [0.5, 0.6) is 0 Å². The predicted octanol–water partition coefficient (Wildman–Crippen LogP) is 3.98. The first-order valence-corrected chi connectivity index (χ1v) is 14.3. The number of anilines is 1. The first-order chi connectivity index (χ1) is 18.8. The molecule has 13 heteroatoms. The highest BCUT2D eigenvalue weighted by Crippen LogP contribution is 2.42. The fourth-order valence-electron chi connectivity index (χ4n) is 4.31. The molecule has 0 aliphatic carbocycles. The second kappa shape index (κ2) is 11.4. The number of nitrogens with two attached hydrogens (primary N) is 1. The van der Waals surface area contributed by atoms with E-state index in [2.05, 4.69) is 15.3 Å². The number of hydrogen-bond donors (Lipinski definition) is 2. The average molecular weight is 603 g/mol. The first kappa shape index (κ1) is 27.2. The van der Waals surface area contributed by atoms with Gasteiger partial charge >= 0.3 is 5.97 Å². The highest BCUT2D eigenvalue weighted by molar-refractivity contribution is 8.00. The molecule has 9 nitrogen and oxygen atoms in total. The van der Waals surface area contributed by atoms with Gasteiger partial charge in [0.05, 0.1) is 5.03 Å². The van der Waals surface area contributed by atoms with Crippen molar-refractivity contribution in [1.82, 2.24) is 15.2 Å². The lowest BCUT2D eigenvalue weighted by Gasteiger charge is -2.49. The van der Waals surface area contributed by atoms with Crippen molar-refractivity contribution in [3.63, 3.8) is 0 Å². The molecule has 2 atom stereocenters. The lowest BCUT2D eigenvalue weighted by molar-refractivity contribution is -0.154. The first-order valence-electron chi connectivity index (χ1n) is 11.6. The number of aliphatic imine (C=N–C) groups is 1. The standard InChI is InChI=1S/C26H21Cl2N5O4S2/c1-30-17(16-21(28)39-26(29)32-16)22(34)31-18-23(35)33-19(15(27)12-38-24(18)33)25(36)37-20(13-8-4-2-5-9-13)14-10-6-3-7-11-14/h2-11,18,20,24H,12H2,1H3,(H2,29,32)(H,31,34)/t18-,24?/m1/s1. The van der Waals surface area contributed by atoms with Gasteiger partial charge in [-0.05, 0) is 11.1 Å². The zero-order valence-corrected chi connectivity index (χ0v) is 23.5. The number of β-lactam (4-membered cyclic amide) rings is 1. The number of thiazole rings is 1. The van der Waals surface area contributed by atoms with Crippen LogP contribution >= 0.6 is 46.3 Å². The van der Waals surface area contributed by atoms with Gasteiger partial charge in [-0.1, -0.05) is 95.2 Å². The number of hydrogen-bond acceptors (Lipinski definition) is 9. The number of carbonyl (C=O) groups excluding carboxylic acids is 3. The normalized spacial score (nSPS) is 19.0. The van der Waals surface area contributed by atoms with Crippen molar-refractivity contribution < 1.29 is 19.1 Å². The van der Waals surface area contributed by atoms with E-state index in [0.717, 1.165) is 22.5 Å². The summed E-state index contributed by atoms with van der Waals surface area (Å²) in [5.41, 5.74) is 7.28. The van der Waals surface area contributed by atoms with E-state index in [0.29, 0.717) is 0 Å². The van der Waals surface area contributed by atoms with Gasteiger partial charge in [0.1, 0.15) is 27.1 Å². The second-order valence-corrected chi connectivity index (χ2v) is 11.7. The summed E-state index contributed by atoms with van der Waals surface area (Å²) in [6.07, 6.45) is -0.713. The Morgan fingerprint density at radius 1 is 1.13 bits per heavy atom. The number of nitrogens with zero attached hydrogens (tertiary/aromatic N) is 3. The third-order valence-electron chi connectivity index (χ3n) is 6.10. The van der Waals surface area contributed by atoms with E-state index in [1.807, 2.05) is 60.7 Å². The molecule has 5 rings (SSSR count). The van der Waals surface area contributed by atoms with Crippen LogP contribution in [0, 0.1) is 0 Å². The van der Waals surface area contributed by atoms with Crippen LogP contribution in [-0.2, 0) is 19.1 Å². The van der Waals surface area contributed by atoms with Crippen LogP contribution in [0.3, 0.4) is 0 Å². The van der Waals surface area contributed by atoms with Crippen molar-refractivity contribution in [1.29, 1.82) is 0 Å². The maximum Gasteiger partial charge on any atom is 0.357 e. The highest BCUT2D eigenvalue weighted by Gasteiger charge is 2.55. The Bertz CT molecular complexity index is 1460. The third kappa shape index (κ3) is 5.27. The summed E-state index contributed by atoms with van der Waals surface area (Å²) in [4.78, 5) is 49.1. The number of amides is 2. The van der Waals surface area contributed by atoms with E-state index in [9.17, 15) is 14.4 Å². The number of benzene rings is 2. The van der Waals surface area contributed by atoms with Gasteiger partial charge in [0, 0.05) is 12.8 Å². The molecular weight excluding hydrogens is 581 g/mol. The van der Waals surface area contributed by atoms with Crippen molar-refractivity contribution in [2.45, 2.75) is 17.5 Å². The zero-order valence-electron chi connectivity index (χ0n) is 20.3. The molecule has 1 fully saturated rings. The number of fused-ring (bicyclic) bond motifs is 1. The van der Waals surface area contributed by atoms with Gasteiger partial charge < -0.3 is 15.8 Å². The molecule has 2 aliphatic rings. The Hall–Kier alpha value is -3.38. The van der Waals surface area contributed by atoms with Crippen LogP contribution in [0.2, 0.25) is 4.34 Å². The molecular formula is C26H21Cl2N5O4S2. The summed E-state index contributed by atoms with van der Waals surface area (Å²) in [6, 6.07) is 17.7. The molecule has 3 aromatic rings. The van der Waals surface area contributed by atoms with Crippen molar-refractivity contribution in [2.24, 2.45) is 4.99 Å². The molecule has 0 radical (unpaired) electrons. The Kier molecular flexibility index (Phi) is 7.94. The number of carbonyl (C=O) groups is 3. The predicted molar refractivity (Wildman–Crippen MR) is 153 cm³/mol. The minimum absolute atomic E-state index is 0.0347. The molecule has 0 bridgehead atoms. The minimum atomic E-state index is -0.916. The van der Waals surface area contributed by atoms with Crippen molar-refractivity contribution in [2.75, 3.05) is 18.5 Å². The van der Waals surface area contributed by atoms with Gasteiger partial charge in [0.15, 0.2) is 16.9 Å². The van der Waals surface area contributed by atoms with Crippen molar-refractivity contribution in [3.8, 4) is 0 Å². The molecule has 0 saturated carbocycles. The molecule has 1 saturated heterocycles. The van der Waals surface area contributed by atoms with Crippen LogP contribution in [0.1, 0.15) is 22.9 Å². The van der Waals surface area contributed by atoms with Gasteiger partial charge in [-0.15, -0.1) is 11.8 Å². The second-order valence-electron chi connectivity index (χ2n) is 8.47. The Morgan fingerprint density at radius 2 is 1.74 bits per heavy atom. The number of thioether (sulfide) groups is 1. The molecule has 200 valence electrons. The van der Waals surface area contributed by atoms with Crippen LogP contribution in [0.15, 0.2) is 76.4 Å². The molecule has 2 aromatic carbocycles. The number of nitrogens with one attached hydrogen (secondary N) is 1. The van der Waals surface area contributed by atoms with E-state index in [1.54, 1.807) is 0 Å². The van der Waals surface area contributed by atoms with E-state index in [4.69, 9.17) is 33.7 Å². The fourth-order valence-corrected chi connectivity index (χ4v) is 6.78. The Balaban J connectivity index is 1.35. The summed E-state index contributed by atoms with van der Waals surface area (Å²) in [7, 11) is 1.41. The highest BCUT2D eigenvalue weighted by atomic mass is 35.5. The van der Waals surface area contributed by atoms with Crippen LogP contribution in [0.4, 0.5) is 5.13 Å². The lowest BCUT2D eigenvalue weighted by Crippen LogP contribution is -2.71. The minimum Gasteiger partial charge on any atom is -0.448 e. The van der Waals surface area contributed by atoms with E-state index in [-0.39, 0.29) is 37.4 Å². The number of aromatic nitrogens is 1. The number of esters is 1. The molecule has 39 heavy (non-hydrogen) atoms. The van der Waals surface area contributed by atoms with E-state index >= 15 is 0 Å². The molecule has 3 heterocycles. The van der Waals surface area contributed by atoms with Gasteiger partial charge in [-0.3, -0.25) is 19.5 Å². The van der Waals surface area contributed by atoms with Crippen LogP contribution in [0.25, 0.3) is 0 Å². The largest absolute Gasteiger partial charge is 0.448 e. The zero-order chi connectivity index (χ0) is 27.7. The molecule has 1 unspecified atom stereocenters. The smallest absolute Gasteiger partial charge is 0.357 e. The van der Waals surface area contributed by atoms with Crippen LogP contribution < -0.4 is 11.1 Å². The topological polar surface area (TPSA) is 127 Å². The number of halogens is 2. The number of ether oxygens (including phenoxy) is 1. The van der Waals surface area contributed by atoms with Gasteiger partial charge in [0.25, 0.3) is 11.8 Å². The molecule has 3 N–H and O–H groups in total. The summed E-state index contributed by atoms with van der Waals surface area (Å²) in [5.74, 6) is -1.61. The molecule has 0 spiro atoms. The van der Waals surface area contributed by atoms with Crippen molar-refractivity contribution >= 4 is 74.9 Å². The van der Waals surface area contributed by atoms with E-state index < -0.39 is 35.3 Å². The SMILES string of the molecule is CN=C(C(=O)N[C@@H]1C(=O)N2C(C(=O)OC(c3ccccc3)c3ccccc3)=C(Cl)CSC12)c1nc(N)sc1Cl. The summed E-state index contributed by atoms with van der Waals surface area (Å²) in [5, 5.41) is 2.50. The summed E-state index contributed by atoms with van der Waals surface area (Å²) in [6.45, 7) is 0. The number of rotatable bonds is 7. The Labute approximate surface area is 242 Å². The summed E-state index contributed by atoms with van der Waals surface area (Å²) < 4.78 is 6.17. The number of nitrogen functional groups attached to an aromatic ring is 1. The van der Waals surface area contributed by atoms with Gasteiger partial charge in [-0.25, -0.2) is 9.78 Å². The molecule has 1 aromatic heterocycles. The molecule has 2 amide bonds. The average Bonchev–Trinajstić information content (AvgIpc) is 3.28. The maximum absolute atomic E-state index is 13.5. The quantitative estimate of drug-likeness (QED) is 0.238. The monoisotopic (exact) mass is 601 g/mol. The maximum atomic E-state index is 13.5. The molecule has 2 aliphatic heterocycles. The fraction of sp³-hybridized carbons (Fsp3) is 0.192. The van der Waals surface area contributed by atoms with Gasteiger partial charge in [-0.2, -0.15) is 0 Å². The van der Waals surface area contributed by atoms with Crippen LogP contribution in [-0.4, -0.2) is 57.6 Å². The third-order valence-corrected chi connectivity index (χ3v) is 8.93. The van der Waals surface area contributed by atoms with Crippen molar-refractivity contribution in [3.05, 3.63) is 92.6 Å².